The Morgan fingerprint density at radius 1 is 1.23 bits per heavy atom. The topological polar surface area (TPSA) is 67.4 Å². The molecule has 1 aliphatic heterocycles. The van der Waals surface area contributed by atoms with Gasteiger partial charge in [-0.2, -0.15) is 0 Å². The summed E-state index contributed by atoms with van der Waals surface area (Å²) in [5, 5.41) is 5.54. The lowest BCUT2D eigenvalue weighted by atomic mass is 10.1. The number of hydrogen-bond acceptors (Lipinski definition) is 3. The first-order valence-corrected chi connectivity index (χ1v) is 7.12. The molecule has 0 spiro atoms. The van der Waals surface area contributed by atoms with Gasteiger partial charge in [-0.05, 0) is 42.3 Å². The third kappa shape index (κ3) is 2.93. The van der Waals surface area contributed by atoms with Crippen LogP contribution in [0.2, 0.25) is 0 Å². The molecule has 0 aliphatic carbocycles. The highest BCUT2D eigenvalue weighted by molar-refractivity contribution is 6.05. The highest BCUT2D eigenvalue weighted by Crippen LogP contribution is 2.28. The molecule has 3 rings (SSSR count). The van der Waals surface area contributed by atoms with Gasteiger partial charge in [0.25, 0.3) is 11.8 Å². The van der Waals surface area contributed by atoms with E-state index in [1.165, 1.54) is 5.56 Å². The molecule has 1 heterocycles. The smallest absolute Gasteiger partial charge is 0.262 e. The average molecular weight is 296 g/mol. The first-order chi connectivity index (χ1) is 10.7. The van der Waals surface area contributed by atoms with Crippen LogP contribution in [0.25, 0.3) is 0 Å². The number of carbonyl (C=O) groups excluding carboxylic acids is 2. The minimum atomic E-state index is -0.215. The largest absolute Gasteiger partial charge is 0.482 e. The number of nitrogens with one attached hydrogen (secondary N) is 2. The maximum Gasteiger partial charge on any atom is 0.262 e. The van der Waals surface area contributed by atoms with Crippen molar-refractivity contribution in [1.82, 2.24) is 0 Å². The predicted octanol–water partition coefficient (Wildman–Crippen LogP) is 2.83. The van der Waals surface area contributed by atoms with E-state index in [0.717, 1.165) is 12.1 Å². The maximum absolute atomic E-state index is 12.3. The minimum absolute atomic E-state index is 0.0312. The van der Waals surface area contributed by atoms with E-state index >= 15 is 0 Å². The molecule has 0 radical (unpaired) electrons. The zero-order chi connectivity index (χ0) is 15.5. The number of anilines is 2. The second-order valence-corrected chi connectivity index (χ2v) is 5.05. The lowest BCUT2D eigenvalue weighted by Crippen LogP contribution is -2.25. The Balaban J connectivity index is 1.76. The van der Waals surface area contributed by atoms with Crippen molar-refractivity contribution in [3.8, 4) is 5.75 Å². The van der Waals surface area contributed by atoms with Gasteiger partial charge in [-0.3, -0.25) is 9.59 Å². The van der Waals surface area contributed by atoms with Crippen LogP contribution in [-0.2, 0) is 11.2 Å². The van der Waals surface area contributed by atoms with Crippen LogP contribution in [0.15, 0.2) is 42.5 Å². The Hall–Kier alpha value is -2.82. The van der Waals surface area contributed by atoms with Crippen LogP contribution in [0.4, 0.5) is 11.4 Å². The van der Waals surface area contributed by atoms with Crippen LogP contribution in [0.3, 0.4) is 0 Å². The normalized spacial score (nSPS) is 12.9. The van der Waals surface area contributed by atoms with Crippen LogP contribution in [-0.4, -0.2) is 18.4 Å². The highest BCUT2D eigenvalue weighted by atomic mass is 16.5. The van der Waals surface area contributed by atoms with Crippen LogP contribution in [0.1, 0.15) is 22.8 Å². The van der Waals surface area contributed by atoms with Gasteiger partial charge in [0.05, 0.1) is 5.69 Å². The first-order valence-electron chi connectivity index (χ1n) is 7.12. The summed E-state index contributed by atoms with van der Waals surface area (Å²) in [4.78, 5) is 23.5. The fraction of sp³-hybridized carbons (Fsp3) is 0.176. The fourth-order valence-electron chi connectivity index (χ4n) is 2.24. The van der Waals surface area contributed by atoms with Crippen molar-refractivity contribution < 1.29 is 14.3 Å². The Morgan fingerprint density at radius 2 is 2.00 bits per heavy atom. The van der Waals surface area contributed by atoms with E-state index in [0.29, 0.717) is 17.0 Å². The molecule has 112 valence electrons. The van der Waals surface area contributed by atoms with Crippen LogP contribution < -0.4 is 15.4 Å². The summed E-state index contributed by atoms with van der Waals surface area (Å²) in [6.07, 6.45) is 0.960. The molecule has 1 aliphatic rings. The van der Waals surface area contributed by atoms with Gasteiger partial charge in [0.15, 0.2) is 6.61 Å². The average Bonchev–Trinajstić information content (AvgIpc) is 2.55. The monoisotopic (exact) mass is 296 g/mol. The summed E-state index contributed by atoms with van der Waals surface area (Å²) in [7, 11) is 0. The quantitative estimate of drug-likeness (QED) is 0.915. The molecule has 2 N–H and O–H groups in total. The standard InChI is InChI=1S/C17H16N2O3/c1-2-11-3-6-13(7-4-11)18-17(21)12-5-8-14-15(9-12)22-10-16(20)19-14/h3-9H,2,10H2,1H3,(H,18,21)(H,19,20). The molecule has 0 saturated heterocycles. The van der Waals surface area contributed by atoms with Gasteiger partial charge in [-0.1, -0.05) is 19.1 Å². The van der Waals surface area contributed by atoms with Crippen LogP contribution in [0, 0.1) is 0 Å². The van der Waals surface area contributed by atoms with Crippen LogP contribution in [0.5, 0.6) is 5.75 Å². The van der Waals surface area contributed by atoms with Gasteiger partial charge in [-0.15, -0.1) is 0 Å². The Labute approximate surface area is 128 Å². The molecule has 2 amide bonds. The highest BCUT2D eigenvalue weighted by Gasteiger charge is 2.17. The number of carbonyl (C=O) groups is 2. The Kier molecular flexibility index (Phi) is 3.78. The van der Waals surface area contributed by atoms with Crippen molar-refractivity contribution in [2.45, 2.75) is 13.3 Å². The molecule has 2 aromatic carbocycles. The molecule has 2 aromatic rings. The van der Waals surface area contributed by atoms with Gasteiger partial charge in [0.2, 0.25) is 0 Å². The number of amides is 2. The molecule has 0 aromatic heterocycles. The second kappa shape index (κ2) is 5.89. The summed E-state index contributed by atoms with van der Waals surface area (Å²) >= 11 is 0. The Bertz CT molecular complexity index is 723. The molecule has 5 nitrogen and oxygen atoms in total. The molecular weight excluding hydrogens is 280 g/mol. The summed E-state index contributed by atoms with van der Waals surface area (Å²) in [6, 6.07) is 12.7. The van der Waals surface area contributed by atoms with Gasteiger partial charge in [0.1, 0.15) is 5.75 Å². The lowest BCUT2D eigenvalue weighted by molar-refractivity contribution is -0.118. The van der Waals surface area contributed by atoms with E-state index in [2.05, 4.69) is 17.6 Å². The first kappa shape index (κ1) is 14.1. The van der Waals surface area contributed by atoms with Crippen LogP contribution >= 0.6 is 0 Å². The number of ether oxygens (including phenoxy) is 1. The van der Waals surface area contributed by atoms with E-state index in [1.54, 1.807) is 18.2 Å². The molecule has 0 atom stereocenters. The molecule has 22 heavy (non-hydrogen) atoms. The van der Waals surface area contributed by atoms with Crippen molar-refractivity contribution in [1.29, 1.82) is 0 Å². The fourth-order valence-corrected chi connectivity index (χ4v) is 2.24. The zero-order valence-electron chi connectivity index (χ0n) is 12.2. The van der Waals surface area contributed by atoms with E-state index < -0.39 is 0 Å². The van der Waals surface area contributed by atoms with E-state index in [1.807, 2.05) is 24.3 Å². The van der Waals surface area contributed by atoms with Crippen molar-refractivity contribution in [3.63, 3.8) is 0 Å². The number of hydrogen-bond donors (Lipinski definition) is 2. The third-order valence-corrected chi connectivity index (χ3v) is 3.50. The summed E-state index contributed by atoms with van der Waals surface area (Å²) in [6.45, 7) is 2.05. The number of fused-ring (bicyclic) bond motifs is 1. The zero-order valence-corrected chi connectivity index (χ0v) is 12.2. The van der Waals surface area contributed by atoms with Crippen molar-refractivity contribution >= 4 is 23.2 Å². The molecule has 0 fully saturated rings. The molecular formula is C17H16N2O3. The Morgan fingerprint density at radius 3 is 2.73 bits per heavy atom. The van der Waals surface area contributed by atoms with E-state index in [9.17, 15) is 9.59 Å². The number of rotatable bonds is 3. The van der Waals surface area contributed by atoms with Gasteiger partial charge >= 0.3 is 0 Å². The predicted molar refractivity (Wildman–Crippen MR) is 84.3 cm³/mol. The van der Waals surface area contributed by atoms with E-state index in [-0.39, 0.29) is 18.4 Å². The summed E-state index contributed by atoms with van der Waals surface area (Å²) in [5.74, 6) is 0.0989. The van der Waals surface area contributed by atoms with Crippen molar-refractivity contribution in [3.05, 3.63) is 53.6 Å². The molecule has 5 heteroatoms. The van der Waals surface area contributed by atoms with E-state index in [4.69, 9.17) is 4.74 Å². The van der Waals surface area contributed by atoms with Gasteiger partial charge in [0, 0.05) is 11.3 Å². The number of aryl methyl sites for hydroxylation is 1. The minimum Gasteiger partial charge on any atom is -0.482 e. The van der Waals surface area contributed by atoms with Crippen molar-refractivity contribution in [2.24, 2.45) is 0 Å². The molecule has 0 unspecified atom stereocenters. The van der Waals surface area contributed by atoms with Crippen molar-refractivity contribution in [2.75, 3.05) is 17.2 Å². The number of benzene rings is 2. The molecule has 0 saturated carbocycles. The second-order valence-electron chi connectivity index (χ2n) is 5.05. The summed E-state index contributed by atoms with van der Waals surface area (Å²) in [5.41, 5.74) is 3.03. The maximum atomic E-state index is 12.3. The van der Waals surface area contributed by atoms with Gasteiger partial charge < -0.3 is 15.4 Å². The lowest BCUT2D eigenvalue weighted by Gasteiger charge is -2.18. The summed E-state index contributed by atoms with van der Waals surface area (Å²) < 4.78 is 5.31. The SMILES string of the molecule is CCc1ccc(NC(=O)c2ccc3c(c2)OCC(=O)N3)cc1. The van der Waals surface area contributed by atoms with Gasteiger partial charge in [-0.25, -0.2) is 0 Å². The third-order valence-electron chi connectivity index (χ3n) is 3.50. The molecule has 0 bridgehead atoms.